The number of hydrogen-bond donors (Lipinski definition) is 1. The summed E-state index contributed by atoms with van der Waals surface area (Å²) in [7, 11) is -2.46. The van der Waals surface area contributed by atoms with Crippen LogP contribution in [-0.2, 0) is 24.2 Å². The number of hydrogen-bond acceptors (Lipinski definition) is 9. The van der Waals surface area contributed by atoms with E-state index < -0.39 is 20.8 Å². The first-order valence-corrected chi connectivity index (χ1v) is 8.92. The monoisotopic (exact) mass is 377 g/mol. The average molecular weight is 377 g/mol. The molecule has 2 aliphatic rings. The van der Waals surface area contributed by atoms with Crippen LogP contribution in [0.15, 0.2) is 44.5 Å². The number of fused-ring (bicyclic) bond motifs is 1. The van der Waals surface area contributed by atoms with Gasteiger partial charge in [0.1, 0.15) is 0 Å². The highest BCUT2D eigenvalue weighted by atomic mass is 32.2. The van der Waals surface area contributed by atoms with Crippen LogP contribution in [-0.4, -0.2) is 44.1 Å². The summed E-state index contributed by atoms with van der Waals surface area (Å²) >= 11 is 0. The van der Waals surface area contributed by atoms with Crippen LogP contribution in [0.1, 0.15) is 19.8 Å². The van der Waals surface area contributed by atoms with Crippen molar-refractivity contribution >= 4 is 44.2 Å². The maximum Gasteiger partial charge on any atom is 0.373 e. The molecule has 0 saturated carbocycles. The van der Waals surface area contributed by atoms with E-state index in [0.717, 1.165) is 12.1 Å². The third-order valence-electron chi connectivity index (χ3n) is 3.64. The maximum absolute atomic E-state index is 12.6. The number of carbonyl (C=O) groups is 1. The zero-order valence-corrected chi connectivity index (χ0v) is 14.8. The molecule has 1 amide bonds. The van der Waals surface area contributed by atoms with E-state index in [1.165, 1.54) is 18.0 Å². The molecule has 0 atom stereocenters. The Labute approximate surface area is 149 Å². The fourth-order valence-corrected chi connectivity index (χ4v) is 3.79. The number of benzene rings is 1. The molecule has 3 rings (SSSR count). The van der Waals surface area contributed by atoms with Gasteiger partial charge in [-0.05, 0) is 18.6 Å². The van der Waals surface area contributed by atoms with Crippen LogP contribution in [0.2, 0.25) is 0 Å². The molecule has 10 nitrogen and oxygen atoms in total. The highest BCUT2D eigenvalue weighted by molar-refractivity contribution is 8.08. The highest BCUT2D eigenvalue weighted by Gasteiger charge is 2.40. The van der Waals surface area contributed by atoms with Crippen molar-refractivity contribution in [1.29, 1.82) is 0 Å². The SMILES string of the molecule is CCC1=NN=C(NN=C2C(=O)N(C)c3ccccc3S2(=O)=O)C1.O=C=O. The smallest absolute Gasteiger partial charge is 0.308 e. The summed E-state index contributed by atoms with van der Waals surface area (Å²) in [6.45, 7) is 1.95. The quantitative estimate of drug-likeness (QED) is 0.737. The van der Waals surface area contributed by atoms with Gasteiger partial charge in [-0.25, -0.2) is 8.42 Å². The van der Waals surface area contributed by atoms with Gasteiger partial charge >= 0.3 is 6.15 Å². The minimum atomic E-state index is -3.97. The van der Waals surface area contributed by atoms with Crippen LogP contribution in [0, 0.1) is 0 Å². The van der Waals surface area contributed by atoms with Crippen molar-refractivity contribution in [1.82, 2.24) is 5.43 Å². The largest absolute Gasteiger partial charge is 0.373 e. The molecule has 26 heavy (non-hydrogen) atoms. The second kappa shape index (κ2) is 7.81. The van der Waals surface area contributed by atoms with Crippen LogP contribution in [0.5, 0.6) is 0 Å². The van der Waals surface area contributed by atoms with Gasteiger partial charge in [-0.15, -0.1) is 5.10 Å². The standard InChI is InChI=1S/C14H15N5O3S.CO2/c1-3-9-8-12(16-15-9)17-18-13-14(20)19(2)10-6-4-5-7-11(10)23(13,21)22;2-1-3/h4-7H,3,8H2,1-2H3,(H,16,17);. The average Bonchev–Trinajstić information content (AvgIpc) is 3.08. The van der Waals surface area contributed by atoms with Gasteiger partial charge in [-0.3, -0.25) is 10.2 Å². The third-order valence-corrected chi connectivity index (χ3v) is 5.34. The fraction of sp³-hybridized carbons (Fsp3) is 0.267. The number of nitrogens with zero attached hydrogens (tertiary/aromatic N) is 4. The Morgan fingerprint density at radius 2 is 1.92 bits per heavy atom. The van der Waals surface area contributed by atoms with E-state index in [2.05, 4.69) is 20.7 Å². The number of nitrogens with one attached hydrogen (secondary N) is 1. The molecule has 0 aliphatic carbocycles. The van der Waals surface area contributed by atoms with Gasteiger partial charge in [0.2, 0.25) is 14.9 Å². The Balaban J connectivity index is 0.000000758. The van der Waals surface area contributed by atoms with Crippen molar-refractivity contribution < 1.29 is 22.8 Å². The zero-order valence-electron chi connectivity index (χ0n) is 14.0. The minimum Gasteiger partial charge on any atom is -0.308 e. The molecular formula is C15H15N5O5S. The number of amidine groups is 1. The van der Waals surface area contributed by atoms with Gasteiger partial charge in [-0.2, -0.15) is 19.8 Å². The van der Waals surface area contributed by atoms with E-state index in [1.807, 2.05) is 6.92 Å². The molecule has 0 fully saturated rings. The first-order chi connectivity index (χ1) is 12.4. The predicted molar refractivity (Wildman–Crippen MR) is 92.4 cm³/mol. The van der Waals surface area contributed by atoms with Gasteiger partial charge in [0.05, 0.1) is 10.6 Å². The van der Waals surface area contributed by atoms with Gasteiger partial charge in [0.15, 0.2) is 5.84 Å². The number of sulfone groups is 1. The molecular weight excluding hydrogens is 362 g/mol. The van der Waals surface area contributed by atoms with Gasteiger partial charge in [-0.1, -0.05) is 19.1 Å². The Bertz CT molecular complexity index is 958. The van der Waals surface area contributed by atoms with Crippen LogP contribution in [0.4, 0.5) is 5.69 Å². The first-order valence-electron chi connectivity index (χ1n) is 7.44. The van der Waals surface area contributed by atoms with E-state index in [0.29, 0.717) is 17.9 Å². The minimum absolute atomic E-state index is 0.0570. The molecule has 0 spiro atoms. The third kappa shape index (κ3) is 3.58. The van der Waals surface area contributed by atoms with Crippen LogP contribution in [0.3, 0.4) is 0 Å². The van der Waals surface area contributed by atoms with E-state index in [-0.39, 0.29) is 11.0 Å². The number of amides is 1. The van der Waals surface area contributed by atoms with Crippen LogP contribution >= 0.6 is 0 Å². The fourth-order valence-electron chi connectivity index (χ4n) is 2.31. The Morgan fingerprint density at radius 3 is 2.54 bits per heavy atom. The van der Waals surface area contributed by atoms with Crippen molar-refractivity contribution in [3.8, 4) is 0 Å². The highest BCUT2D eigenvalue weighted by Crippen LogP contribution is 2.30. The molecule has 1 aromatic carbocycles. The van der Waals surface area contributed by atoms with Gasteiger partial charge in [0, 0.05) is 19.2 Å². The lowest BCUT2D eigenvalue weighted by atomic mass is 10.2. The lowest BCUT2D eigenvalue weighted by Crippen LogP contribution is -2.43. The first kappa shape index (κ1) is 19.2. The number of rotatable bonds is 2. The second-order valence-electron chi connectivity index (χ2n) is 5.19. The molecule has 1 aromatic rings. The van der Waals surface area contributed by atoms with Crippen LogP contribution < -0.4 is 10.3 Å². The van der Waals surface area contributed by atoms with E-state index in [9.17, 15) is 13.2 Å². The van der Waals surface area contributed by atoms with Crippen molar-refractivity contribution in [3.05, 3.63) is 24.3 Å². The maximum atomic E-state index is 12.6. The Kier molecular flexibility index (Phi) is 5.75. The number of anilines is 1. The zero-order chi connectivity index (χ0) is 19.3. The molecule has 11 heteroatoms. The topological polar surface area (TPSA) is 138 Å². The molecule has 0 aromatic heterocycles. The normalized spacial score (nSPS) is 18.9. The van der Waals surface area contributed by atoms with E-state index >= 15 is 0 Å². The lowest BCUT2D eigenvalue weighted by Gasteiger charge is -2.25. The molecule has 0 saturated heterocycles. The molecule has 0 radical (unpaired) electrons. The molecule has 136 valence electrons. The summed E-state index contributed by atoms with van der Waals surface area (Å²) < 4.78 is 25.2. The van der Waals surface area contributed by atoms with Gasteiger partial charge < -0.3 is 4.90 Å². The predicted octanol–water partition coefficient (Wildman–Crippen LogP) is 0.324. The van der Waals surface area contributed by atoms with E-state index in [1.54, 1.807) is 18.2 Å². The van der Waals surface area contributed by atoms with E-state index in [4.69, 9.17) is 9.59 Å². The summed E-state index contributed by atoms with van der Waals surface area (Å²) in [6, 6.07) is 6.31. The number of carbonyl (C=O) groups excluding carboxylic acids is 3. The Morgan fingerprint density at radius 1 is 1.27 bits per heavy atom. The summed E-state index contributed by atoms with van der Waals surface area (Å²) in [5.41, 5.74) is 3.76. The molecule has 2 aliphatic heterocycles. The van der Waals surface area contributed by atoms with Crippen LogP contribution in [0.25, 0.3) is 0 Å². The van der Waals surface area contributed by atoms with Gasteiger partial charge in [0.25, 0.3) is 5.91 Å². The molecule has 0 bridgehead atoms. The Hall–Kier alpha value is -3.17. The number of hydrazone groups is 1. The van der Waals surface area contributed by atoms with Crippen molar-refractivity contribution in [2.75, 3.05) is 11.9 Å². The molecule has 2 heterocycles. The summed E-state index contributed by atoms with van der Waals surface area (Å²) in [5, 5.41) is 11.1. The van der Waals surface area contributed by atoms with Crippen molar-refractivity contribution in [2.45, 2.75) is 24.7 Å². The molecule has 0 unspecified atom stereocenters. The van der Waals surface area contributed by atoms with Crippen molar-refractivity contribution in [2.24, 2.45) is 15.3 Å². The molecule has 1 N–H and O–H groups in total. The summed E-state index contributed by atoms with van der Waals surface area (Å²) in [6.07, 6.45) is 1.46. The van der Waals surface area contributed by atoms with Crippen molar-refractivity contribution in [3.63, 3.8) is 0 Å². The summed E-state index contributed by atoms with van der Waals surface area (Å²) in [5.74, 6) is -0.273. The number of para-hydroxylation sites is 1. The summed E-state index contributed by atoms with van der Waals surface area (Å²) in [4.78, 5) is 29.9. The lowest BCUT2D eigenvalue weighted by molar-refractivity contribution is -0.191. The second-order valence-corrected chi connectivity index (χ2v) is 7.02.